The first kappa shape index (κ1) is 13.0. The smallest absolute Gasteiger partial charge is 0.0602 e. The third kappa shape index (κ3) is 5.53. The summed E-state index contributed by atoms with van der Waals surface area (Å²) >= 11 is 0. The monoisotopic (exact) mass is 213 g/mol. The first-order valence-electron chi connectivity index (χ1n) is 6.40. The second-order valence-electron chi connectivity index (χ2n) is 5.69. The first-order valence-corrected chi connectivity index (χ1v) is 6.40. The number of hydrogen-bond donors (Lipinski definition) is 1. The Morgan fingerprint density at radius 3 is 2.33 bits per heavy atom. The number of piperidine rings is 1. The lowest BCUT2D eigenvalue weighted by atomic mass is 9.91. The third-order valence-corrected chi connectivity index (χ3v) is 3.03. The van der Waals surface area contributed by atoms with E-state index in [2.05, 4.69) is 33.0 Å². The van der Waals surface area contributed by atoms with Crippen molar-refractivity contribution in [2.45, 2.75) is 65.1 Å². The Labute approximate surface area is 94.8 Å². The molecule has 1 unspecified atom stereocenters. The van der Waals surface area contributed by atoms with Crippen LogP contribution in [0.3, 0.4) is 0 Å². The van der Waals surface area contributed by atoms with Gasteiger partial charge in [0.1, 0.15) is 0 Å². The van der Waals surface area contributed by atoms with E-state index >= 15 is 0 Å². The molecule has 0 aliphatic carbocycles. The summed E-state index contributed by atoms with van der Waals surface area (Å²) in [5.74, 6) is 0.874. The topological polar surface area (TPSA) is 21.3 Å². The molecule has 0 spiro atoms. The van der Waals surface area contributed by atoms with E-state index in [0.717, 1.165) is 12.3 Å². The molecule has 1 heterocycles. The summed E-state index contributed by atoms with van der Waals surface area (Å²) < 4.78 is 6.07. The lowest BCUT2D eigenvalue weighted by Gasteiger charge is -2.31. The molecule has 0 radical (unpaired) electrons. The van der Waals surface area contributed by atoms with Crippen LogP contribution in [0.4, 0.5) is 0 Å². The summed E-state index contributed by atoms with van der Waals surface area (Å²) in [6.45, 7) is 11.1. The van der Waals surface area contributed by atoms with Gasteiger partial charge in [0, 0.05) is 0 Å². The van der Waals surface area contributed by atoms with Gasteiger partial charge in [-0.3, -0.25) is 0 Å². The largest absolute Gasteiger partial charge is 0.373 e. The maximum atomic E-state index is 6.07. The lowest BCUT2D eigenvalue weighted by Crippen LogP contribution is -2.33. The van der Waals surface area contributed by atoms with Crippen molar-refractivity contribution in [3.05, 3.63) is 0 Å². The van der Waals surface area contributed by atoms with Gasteiger partial charge in [-0.15, -0.1) is 0 Å². The second kappa shape index (κ2) is 5.86. The Kier molecular flexibility index (Phi) is 5.07. The van der Waals surface area contributed by atoms with Gasteiger partial charge < -0.3 is 10.1 Å². The third-order valence-electron chi connectivity index (χ3n) is 3.03. The van der Waals surface area contributed by atoms with Crippen LogP contribution in [0.1, 0.15) is 53.4 Å². The van der Waals surface area contributed by atoms with Crippen LogP contribution in [-0.4, -0.2) is 24.8 Å². The van der Waals surface area contributed by atoms with Gasteiger partial charge in [-0.05, 0) is 65.5 Å². The van der Waals surface area contributed by atoms with E-state index in [1.165, 1.54) is 32.4 Å². The van der Waals surface area contributed by atoms with Gasteiger partial charge in [-0.2, -0.15) is 0 Å². The van der Waals surface area contributed by atoms with Gasteiger partial charge >= 0.3 is 0 Å². The van der Waals surface area contributed by atoms with Gasteiger partial charge in [0.2, 0.25) is 0 Å². The normalized spacial score (nSPS) is 21.6. The summed E-state index contributed by atoms with van der Waals surface area (Å²) in [6, 6.07) is 0. The van der Waals surface area contributed by atoms with E-state index in [9.17, 15) is 0 Å². The van der Waals surface area contributed by atoms with E-state index in [1.54, 1.807) is 0 Å². The second-order valence-corrected chi connectivity index (χ2v) is 5.69. The molecule has 0 aromatic rings. The first-order chi connectivity index (χ1) is 7.01. The number of rotatable bonds is 4. The van der Waals surface area contributed by atoms with Crippen molar-refractivity contribution in [2.24, 2.45) is 5.92 Å². The Morgan fingerprint density at radius 1 is 1.27 bits per heavy atom. The maximum absolute atomic E-state index is 6.07. The van der Waals surface area contributed by atoms with Gasteiger partial charge in [0.15, 0.2) is 0 Å². The van der Waals surface area contributed by atoms with Crippen molar-refractivity contribution >= 4 is 0 Å². The summed E-state index contributed by atoms with van der Waals surface area (Å²) in [6.07, 6.45) is 5.48. The minimum Gasteiger partial charge on any atom is -0.373 e. The molecule has 0 saturated carbocycles. The quantitative estimate of drug-likeness (QED) is 0.775. The minimum atomic E-state index is 0.00753. The molecular formula is C13H27NO. The van der Waals surface area contributed by atoms with Gasteiger partial charge in [0.05, 0.1) is 11.7 Å². The lowest BCUT2D eigenvalue weighted by molar-refractivity contribution is -0.0712. The van der Waals surface area contributed by atoms with Crippen LogP contribution in [0.15, 0.2) is 0 Å². The highest BCUT2D eigenvalue weighted by Crippen LogP contribution is 2.24. The van der Waals surface area contributed by atoms with Crippen LogP contribution in [0, 0.1) is 5.92 Å². The highest BCUT2D eigenvalue weighted by atomic mass is 16.5. The van der Waals surface area contributed by atoms with Crippen molar-refractivity contribution < 1.29 is 4.74 Å². The number of ether oxygens (including phenoxy) is 1. The fourth-order valence-corrected chi connectivity index (χ4v) is 2.29. The van der Waals surface area contributed by atoms with Gasteiger partial charge in [-0.25, -0.2) is 0 Å². The molecular weight excluding hydrogens is 186 g/mol. The Balaban J connectivity index is 2.31. The fourth-order valence-electron chi connectivity index (χ4n) is 2.29. The summed E-state index contributed by atoms with van der Waals surface area (Å²) in [5, 5.41) is 3.41. The number of nitrogens with one attached hydrogen (secondary N) is 1. The fraction of sp³-hybridized carbons (Fsp3) is 1.00. The van der Waals surface area contributed by atoms with Crippen LogP contribution in [0.2, 0.25) is 0 Å². The zero-order valence-corrected chi connectivity index (χ0v) is 10.8. The molecule has 1 aliphatic rings. The summed E-state index contributed by atoms with van der Waals surface area (Å²) in [7, 11) is 0. The predicted molar refractivity (Wildman–Crippen MR) is 65.1 cm³/mol. The average Bonchev–Trinajstić information content (AvgIpc) is 2.16. The van der Waals surface area contributed by atoms with Crippen molar-refractivity contribution in [3.8, 4) is 0 Å². The van der Waals surface area contributed by atoms with Crippen LogP contribution < -0.4 is 5.32 Å². The van der Waals surface area contributed by atoms with Crippen LogP contribution in [0.25, 0.3) is 0 Å². The van der Waals surface area contributed by atoms with Crippen LogP contribution >= 0.6 is 0 Å². The van der Waals surface area contributed by atoms with E-state index in [4.69, 9.17) is 4.74 Å². The molecule has 1 rings (SSSR count). The molecule has 0 aromatic carbocycles. The van der Waals surface area contributed by atoms with Gasteiger partial charge in [-0.1, -0.05) is 6.92 Å². The molecule has 90 valence electrons. The predicted octanol–water partition coefficient (Wildman–Crippen LogP) is 2.97. The van der Waals surface area contributed by atoms with Crippen LogP contribution in [-0.2, 0) is 4.74 Å². The average molecular weight is 213 g/mol. The summed E-state index contributed by atoms with van der Waals surface area (Å²) in [4.78, 5) is 0. The highest BCUT2D eigenvalue weighted by Gasteiger charge is 2.22. The summed E-state index contributed by atoms with van der Waals surface area (Å²) in [5.41, 5.74) is 0.00753. The molecule has 1 aliphatic heterocycles. The van der Waals surface area contributed by atoms with Crippen molar-refractivity contribution in [1.82, 2.24) is 5.32 Å². The molecule has 0 aromatic heterocycles. The zero-order valence-electron chi connectivity index (χ0n) is 10.8. The van der Waals surface area contributed by atoms with E-state index < -0.39 is 0 Å². The number of hydrogen-bond acceptors (Lipinski definition) is 2. The van der Waals surface area contributed by atoms with E-state index in [-0.39, 0.29) is 5.60 Å². The minimum absolute atomic E-state index is 0.00753. The highest BCUT2D eigenvalue weighted by molar-refractivity contribution is 4.74. The van der Waals surface area contributed by atoms with Crippen molar-refractivity contribution in [3.63, 3.8) is 0 Å². The molecule has 1 fully saturated rings. The SMILES string of the molecule is CCC(CC1CCNCC1)OC(C)(C)C. The van der Waals surface area contributed by atoms with Crippen molar-refractivity contribution in [2.75, 3.05) is 13.1 Å². The van der Waals surface area contributed by atoms with E-state index in [1.807, 2.05) is 0 Å². The molecule has 1 atom stereocenters. The molecule has 2 nitrogen and oxygen atoms in total. The Bertz CT molecular complexity index is 168. The Morgan fingerprint density at radius 2 is 1.87 bits per heavy atom. The molecule has 15 heavy (non-hydrogen) atoms. The van der Waals surface area contributed by atoms with Crippen LogP contribution in [0.5, 0.6) is 0 Å². The van der Waals surface area contributed by atoms with E-state index in [0.29, 0.717) is 6.10 Å². The molecule has 0 amide bonds. The van der Waals surface area contributed by atoms with Gasteiger partial charge in [0.25, 0.3) is 0 Å². The zero-order chi connectivity index (χ0) is 11.3. The Hall–Kier alpha value is -0.0800. The standard InChI is InChI=1S/C13H27NO/c1-5-12(15-13(2,3)4)10-11-6-8-14-9-7-11/h11-12,14H,5-10H2,1-4H3. The molecule has 1 saturated heterocycles. The molecule has 1 N–H and O–H groups in total. The molecule has 0 bridgehead atoms. The maximum Gasteiger partial charge on any atom is 0.0602 e. The molecule has 2 heteroatoms. The van der Waals surface area contributed by atoms with Crippen molar-refractivity contribution in [1.29, 1.82) is 0 Å².